The minimum absolute atomic E-state index is 0.0878. The van der Waals surface area contributed by atoms with Crippen LogP contribution in [0.5, 0.6) is 0 Å². The number of halogens is 1. The van der Waals surface area contributed by atoms with Gasteiger partial charge in [-0.05, 0) is 38.0 Å². The molecular formula is C21H27ClN4O2. The number of carbonyl (C=O) groups is 2. The smallest absolute Gasteiger partial charge is 0.230 e. The second-order valence-corrected chi connectivity index (χ2v) is 8.83. The van der Waals surface area contributed by atoms with E-state index in [2.05, 4.69) is 10.4 Å². The molecule has 1 aromatic carbocycles. The van der Waals surface area contributed by atoms with Crippen molar-refractivity contribution in [3.8, 4) is 5.69 Å². The van der Waals surface area contributed by atoms with Crippen LogP contribution >= 0.6 is 11.6 Å². The summed E-state index contributed by atoms with van der Waals surface area (Å²) in [6, 6.07) is 9.16. The van der Waals surface area contributed by atoms with E-state index in [9.17, 15) is 9.59 Å². The van der Waals surface area contributed by atoms with Gasteiger partial charge in [-0.3, -0.25) is 9.59 Å². The van der Waals surface area contributed by atoms with Crippen molar-refractivity contribution in [1.82, 2.24) is 14.7 Å². The van der Waals surface area contributed by atoms with Crippen molar-refractivity contribution in [2.45, 2.75) is 40.5 Å². The van der Waals surface area contributed by atoms with Crippen LogP contribution < -0.4 is 5.32 Å². The van der Waals surface area contributed by atoms with E-state index >= 15 is 0 Å². The van der Waals surface area contributed by atoms with Crippen molar-refractivity contribution >= 4 is 29.2 Å². The molecule has 28 heavy (non-hydrogen) atoms. The lowest BCUT2D eigenvalue weighted by atomic mass is 9.91. The number of amides is 2. The predicted octanol–water partition coefficient (Wildman–Crippen LogP) is 4.06. The van der Waals surface area contributed by atoms with Gasteiger partial charge in [-0.2, -0.15) is 5.10 Å². The van der Waals surface area contributed by atoms with Crippen molar-refractivity contribution in [2.75, 3.05) is 18.4 Å². The molecule has 1 aromatic heterocycles. The molecular weight excluding hydrogens is 376 g/mol. The van der Waals surface area contributed by atoms with Gasteiger partial charge in [0, 0.05) is 29.6 Å². The Morgan fingerprint density at radius 2 is 2.00 bits per heavy atom. The molecule has 6 nitrogen and oxygen atoms in total. The highest BCUT2D eigenvalue weighted by Gasteiger charge is 2.33. The van der Waals surface area contributed by atoms with Gasteiger partial charge in [-0.15, -0.1) is 0 Å². The van der Waals surface area contributed by atoms with Crippen LogP contribution in [0.1, 0.15) is 39.3 Å². The average molecular weight is 403 g/mol. The normalized spacial score (nSPS) is 17.5. The predicted molar refractivity (Wildman–Crippen MR) is 111 cm³/mol. The van der Waals surface area contributed by atoms with Crippen molar-refractivity contribution < 1.29 is 9.59 Å². The van der Waals surface area contributed by atoms with Gasteiger partial charge >= 0.3 is 0 Å². The molecule has 0 aliphatic carbocycles. The summed E-state index contributed by atoms with van der Waals surface area (Å²) in [5, 5.41) is 8.08. The summed E-state index contributed by atoms with van der Waals surface area (Å²) in [7, 11) is 0. The zero-order valence-electron chi connectivity index (χ0n) is 16.8. The Morgan fingerprint density at radius 1 is 1.25 bits per heavy atom. The highest BCUT2D eigenvalue weighted by molar-refractivity contribution is 6.30. The number of benzene rings is 1. The number of piperidine rings is 1. The first-order valence-electron chi connectivity index (χ1n) is 9.58. The Morgan fingerprint density at radius 3 is 2.68 bits per heavy atom. The molecule has 7 heteroatoms. The molecule has 1 saturated heterocycles. The van der Waals surface area contributed by atoms with Crippen LogP contribution in [0.4, 0.5) is 5.82 Å². The Labute approximate surface area is 170 Å². The molecule has 0 spiro atoms. The maximum atomic E-state index is 12.9. The first-order chi connectivity index (χ1) is 13.1. The van der Waals surface area contributed by atoms with E-state index in [1.807, 2.05) is 50.8 Å². The van der Waals surface area contributed by atoms with E-state index in [4.69, 9.17) is 11.6 Å². The molecule has 2 aromatic rings. The molecule has 1 fully saturated rings. The molecule has 0 radical (unpaired) electrons. The zero-order valence-corrected chi connectivity index (χ0v) is 17.6. The third-order valence-corrected chi connectivity index (χ3v) is 5.09. The quantitative estimate of drug-likeness (QED) is 0.841. The number of anilines is 1. The largest absolute Gasteiger partial charge is 0.341 e. The van der Waals surface area contributed by atoms with Crippen LogP contribution in [0.25, 0.3) is 5.69 Å². The topological polar surface area (TPSA) is 67.2 Å². The molecule has 1 N–H and O–H groups in total. The molecule has 150 valence electrons. The summed E-state index contributed by atoms with van der Waals surface area (Å²) in [5.74, 6) is 0.367. The lowest BCUT2D eigenvalue weighted by Crippen LogP contribution is -2.47. The van der Waals surface area contributed by atoms with E-state index in [-0.39, 0.29) is 17.7 Å². The third kappa shape index (κ3) is 4.55. The second-order valence-electron chi connectivity index (χ2n) is 8.39. The maximum absolute atomic E-state index is 12.9. The SMILES string of the molecule is Cc1cc(NC(=O)C2CCCN(C(=O)C(C)(C)C)C2)n(-c2cccc(Cl)c2)n1. The van der Waals surface area contributed by atoms with E-state index < -0.39 is 5.41 Å². The number of rotatable bonds is 3. The molecule has 2 amide bonds. The lowest BCUT2D eigenvalue weighted by Gasteiger charge is -2.35. The Hall–Kier alpha value is -2.34. The van der Waals surface area contributed by atoms with Gasteiger partial charge in [0.05, 0.1) is 17.3 Å². The van der Waals surface area contributed by atoms with Crippen molar-refractivity contribution in [3.63, 3.8) is 0 Å². The second kappa shape index (κ2) is 7.95. The molecule has 0 saturated carbocycles. The van der Waals surface area contributed by atoms with Crippen molar-refractivity contribution in [1.29, 1.82) is 0 Å². The van der Waals surface area contributed by atoms with Gasteiger partial charge in [-0.25, -0.2) is 4.68 Å². The third-order valence-electron chi connectivity index (χ3n) is 4.86. The van der Waals surface area contributed by atoms with Crippen LogP contribution in [0, 0.1) is 18.3 Å². The molecule has 1 aliphatic heterocycles. The van der Waals surface area contributed by atoms with Gasteiger partial charge in [0.1, 0.15) is 5.82 Å². The Balaban J connectivity index is 1.76. The summed E-state index contributed by atoms with van der Waals surface area (Å²) in [5.41, 5.74) is 1.13. The highest BCUT2D eigenvalue weighted by Crippen LogP contribution is 2.25. The summed E-state index contributed by atoms with van der Waals surface area (Å²) in [6.45, 7) is 8.76. The van der Waals surface area contributed by atoms with E-state index in [1.165, 1.54) is 0 Å². The van der Waals surface area contributed by atoms with Gasteiger partial charge in [0.2, 0.25) is 11.8 Å². The number of aromatic nitrogens is 2. The summed E-state index contributed by atoms with van der Waals surface area (Å²) in [6.07, 6.45) is 1.59. The van der Waals surface area contributed by atoms with Crippen molar-refractivity contribution in [2.24, 2.45) is 11.3 Å². The van der Waals surface area contributed by atoms with Gasteiger partial charge in [0.15, 0.2) is 0 Å². The Bertz CT molecular complexity index is 885. The number of aryl methyl sites for hydroxylation is 1. The number of hydrogen-bond donors (Lipinski definition) is 1. The van der Waals surface area contributed by atoms with E-state index in [0.717, 1.165) is 24.2 Å². The fraction of sp³-hybridized carbons (Fsp3) is 0.476. The minimum atomic E-state index is -0.444. The van der Waals surface area contributed by atoms with Crippen molar-refractivity contribution in [3.05, 3.63) is 41.0 Å². The standard InChI is InChI=1S/C21H27ClN4O2/c1-14-11-18(26(24-14)17-9-5-8-16(22)12-17)23-19(27)15-7-6-10-25(13-15)20(28)21(2,3)4/h5,8-9,11-12,15H,6-7,10,13H2,1-4H3,(H,23,27). The van der Waals surface area contributed by atoms with Gasteiger partial charge < -0.3 is 10.2 Å². The first kappa shape index (κ1) is 20.4. The van der Waals surface area contributed by atoms with E-state index in [0.29, 0.717) is 23.9 Å². The average Bonchev–Trinajstić information content (AvgIpc) is 3.00. The van der Waals surface area contributed by atoms with Crippen LogP contribution in [0.3, 0.4) is 0 Å². The molecule has 0 bridgehead atoms. The highest BCUT2D eigenvalue weighted by atomic mass is 35.5. The number of hydrogen-bond acceptors (Lipinski definition) is 3. The zero-order chi connectivity index (χ0) is 20.5. The minimum Gasteiger partial charge on any atom is -0.341 e. The molecule has 3 rings (SSSR count). The lowest BCUT2D eigenvalue weighted by molar-refractivity contribution is -0.142. The number of nitrogens with one attached hydrogen (secondary N) is 1. The van der Waals surface area contributed by atoms with Crippen LogP contribution in [-0.2, 0) is 9.59 Å². The maximum Gasteiger partial charge on any atom is 0.230 e. The van der Waals surface area contributed by atoms with Gasteiger partial charge in [-0.1, -0.05) is 38.4 Å². The Kier molecular flexibility index (Phi) is 5.79. The fourth-order valence-electron chi connectivity index (χ4n) is 3.47. The summed E-state index contributed by atoms with van der Waals surface area (Å²) in [4.78, 5) is 27.3. The number of nitrogens with zero attached hydrogens (tertiary/aromatic N) is 3. The molecule has 1 atom stereocenters. The number of carbonyl (C=O) groups excluding carboxylic acids is 2. The van der Waals surface area contributed by atoms with Crippen LogP contribution in [0.2, 0.25) is 5.02 Å². The van der Waals surface area contributed by atoms with Gasteiger partial charge in [0.25, 0.3) is 0 Å². The summed E-state index contributed by atoms with van der Waals surface area (Å²) < 4.78 is 1.68. The van der Waals surface area contributed by atoms with Crippen LogP contribution in [0.15, 0.2) is 30.3 Å². The molecule has 1 unspecified atom stereocenters. The number of likely N-dealkylation sites (tertiary alicyclic amines) is 1. The summed E-state index contributed by atoms with van der Waals surface area (Å²) >= 11 is 6.10. The van der Waals surface area contributed by atoms with E-state index in [1.54, 1.807) is 16.8 Å². The molecule has 2 heterocycles. The fourth-order valence-corrected chi connectivity index (χ4v) is 3.66. The monoisotopic (exact) mass is 402 g/mol. The first-order valence-corrected chi connectivity index (χ1v) is 9.96. The molecule has 1 aliphatic rings. The van der Waals surface area contributed by atoms with Crippen LogP contribution in [-0.4, -0.2) is 39.6 Å².